The van der Waals surface area contributed by atoms with Crippen LogP contribution in [0.3, 0.4) is 0 Å². The molecule has 1 aliphatic rings. The summed E-state index contributed by atoms with van der Waals surface area (Å²) in [6, 6.07) is 19.5. The number of thiophene rings is 1. The number of nitrogen functional groups attached to an aromatic ring is 1. The number of nitrogens with zero attached hydrogens (tertiary/aromatic N) is 2. The van der Waals surface area contributed by atoms with Crippen molar-refractivity contribution >= 4 is 68.5 Å². The Kier molecular flexibility index (Phi) is 7.24. The average molecular weight is 572 g/mol. The number of nitrogens with two attached hydrogens (primary N) is 1. The van der Waals surface area contributed by atoms with Crippen LogP contribution in [0.5, 0.6) is 0 Å². The fraction of sp³-hybridized carbons (Fsp3) is 0.192. The minimum atomic E-state index is 0.749. The number of hydrogen-bond acceptors (Lipinski definition) is 5. The minimum Gasteiger partial charge on any atom is -0.398 e. The third-order valence-electron chi connectivity index (χ3n) is 5.49. The number of benzene rings is 2. The lowest BCUT2D eigenvalue weighted by Gasteiger charge is -2.24. The van der Waals surface area contributed by atoms with Gasteiger partial charge in [-0.3, -0.25) is 0 Å². The number of anilines is 1. The second kappa shape index (κ2) is 9.95. The predicted octanol–water partition coefficient (Wildman–Crippen LogP) is 7.17. The van der Waals surface area contributed by atoms with Crippen LogP contribution in [0.25, 0.3) is 11.1 Å². The summed E-state index contributed by atoms with van der Waals surface area (Å²) >= 11 is 5.58. The highest BCUT2D eigenvalue weighted by molar-refractivity contribution is 14.1. The van der Waals surface area contributed by atoms with E-state index in [0.29, 0.717) is 0 Å². The first-order valence-corrected chi connectivity index (χ1v) is 13.3. The molecule has 6 heteroatoms. The molecule has 1 heterocycles. The maximum absolute atomic E-state index is 6.41. The van der Waals surface area contributed by atoms with Crippen molar-refractivity contribution in [3.63, 3.8) is 0 Å². The van der Waals surface area contributed by atoms with E-state index < -0.39 is 0 Å². The zero-order valence-electron chi connectivity index (χ0n) is 18.6. The van der Waals surface area contributed by atoms with E-state index in [2.05, 4.69) is 113 Å². The number of rotatable bonds is 7. The summed E-state index contributed by atoms with van der Waals surface area (Å²) in [6.07, 6.45) is 4.36. The zero-order valence-corrected chi connectivity index (χ0v) is 22.4. The Bertz CT molecular complexity index is 1230. The van der Waals surface area contributed by atoms with Crippen LogP contribution in [0.1, 0.15) is 34.1 Å². The number of thioether (sulfide) groups is 1. The molecule has 0 fully saturated rings. The van der Waals surface area contributed by atoms with E-state index in [0.717, 1.165) is 28.4 Å². The number of hydrogen-bond donors (Lipinski definition) is 1. The fourth-order valence-corrected chi connectivity index (χ4v) is 6.19. The third kappa shape index (κ3) is 4.73. The van der Waals surface area contributed by atoms with Crippen LogP contribution in [0, 0.1) is 0 Å². The van der Waals surface area contributed by atoms with E-state index in [9.17, 15) is 0 Å². The Labute approximate surface area is 212 Å². The molecule has 0 saturated heterocycles. The summed E-state index contributed by atoms with van der Waals surface area (Å²) in [6.45, 7) is 3.12. The zero-order chi connectivity index (χ0) is 22.8. The van der Waals surface area contributed by atoms with E-state index in [1.54, 1.807) is 23.1 Å². The maximum atomic E-state index is 6.41. The van der Waals surface area contributed by atoms with Gasteiger partial charge in [0.05, 0.1) is 37.7 Å². The van der Waals surface area contributed by atoms with Crippen molar-refractivity contribution < 1.29 is 0 Å². The maximum Gasteiger partial charge on any atom is 0.0962 e. The monoisotopic (exact) mass is 571 g/mol. The molecule has 0 amide bonds. The largest absolute Gasteiger partial charge is 0.398 e. The Morgan fingerprint density at radius 1 is 1.06 bits per heavy atom. The van der Waals surface area contributed by atoms with E-state index >= 15 is 0 Å². The molecule has 0 unspecified atom stereocenters. The molecule has 0 radical (unpaired) electrons. The molecule has 1 aliphatic carbocycles. The molecule has 2 N–H and O–H groups in total. The first-order valence-electron chi connectivity index (χ1n) is 10.3. The van der Waals surface area contributed by atoms with Crippen molar-refractivity contribution in [1.82, 2.24) is 4.90 Å². The van der Waals surface area contributed by atoms with Gasteiger partial charge < -0.3 is 10.6 Å². The third-order valence-corrected chi connectivity index (χ3v) is 8.14. The van der Waals surface area contributed by atoms with Gasteiger partial charge in [0, 0.05) is 17.8 Å². The average Bonchev–Trinajstić information content (AvgIpc) is 3.24. The molecule has 32 heavy (non-hydrogen) atoms. The summed E-state index contributed by atoms with van der Waals surface area (Å²) in [4.78, 5) is 3.32. The molecule has 3 nitrogen and oxygen atoms in total. The van der Waals surface area contributed by atoms with Crippen LogP contribution in [0.15, 0.2) is 73.7 Å². The van der Waals surface area contributed by atoms with Crippen molar-refractivity contribution in [2.75, 3.05) is 26.1 Å². The van der Waals surface area contributed by atoms with Gasteiger partial charge in [0.2, 0.25) is 0 Å². The molecule has 0 saturated carbocycles. The van der Waals surface area contributed by atoms with Crippen molar-refractivity contribution in [2.45, 2.75) is 17.7 Å². The van der Waals surface area contributed by atoms with Gasteiger partial charge in [-0.05, 0) is 84.9 Å². The quantitative estimate of drug-likeness (QED) is 0.142. The summed E-state index contributed by atoms with van der Waals surface area (Å²) in [5, 5.41) is 0. The van der Waals surface area contributed by atoms with E-state index in [4.69, 9.17) is 5.73 Å². The minimum absolute atomic E-state index is 0.749. The summed E-state index contributed by atoms with van der Waals surface area (Å²) < 4.78 is 5.85. The molecule has 1 aromatic heterocycles. The molecule has 0 aliphatic heterocycles. The second-order valence-electron chi connectivity index (χ2n) is 8.11. The van der Waals surface area contributed by atoms with Gasteiger partial charge in [-0.15, -0.1) is 23.1 Å². The first kappa shape index (κ1) is 23.3. The highest BCUT2D eigenvalue weighted by Gasteiger charge is 2.22. The lowest BCUT2D eigenvalue weighted by Crippen LogP contribution is -2.10. The van der Waals surface area contributed by atoms with Crippen molar-refractivity contribution in [2.24, 2.45) is 3.21 Å². The molecule has 0 spiro atoms. The van der Waals surface area contributed by atoms with Gasteiger partial charge in [-0.25, -0.2) is 3.21 Å². The molecular formula is C26H26IN3S2. The van der Waals surface area contributed by atoms with Gasteiger partial charge in [0.15, 0.2) is 0 Å². The topological polar surface area (TPSA) is 41.6 Å². The Balaban J connectivity index is 1.65. The van der Waals surface area contributed by atoms with E-state index in [-0.39, 0.29) is 0 Å². The molecule has 164 valence electrons. The molecular weight excluding hydrogens is 545 g/mol. The molecule has 4 rings (SSSR count). The predicted molar refractivity (Wildman–Crippen MR) is 151 cm³/mol. The smallest absolute Gasteiger partial charge is 0.0962 e. The van der Waals surface area contributed by atoms with Crippen LogP contribution >= 0.6 is 46.0 Å². The fourth-order valence-electron chi connectivity index (χ4n) is 3.95. The number of halogens is 1. The Morgan fingerprint density at radius 3 is 2.38 bits per heavy atom. The van der Waals surface area contributed by atoms with Crippen molar-refractivity contribution in [3.05, 3.63) is 93.4 Å². The van der Waals surface area contributed by atoms with Gasteiger partial charge in [0.25, 0.3) is 0 Å². The second-order valence-corrected chi connectivity index (χ2v) is 10.8. The molecule has 2 aromatic carbocycles. The van der Waals surface area contributed by atoms with Crippen LogP contribution in [-0.4, -0.2) is 31.0 Å². The van der Waals surface area contributed by atoms with Crippen molar-refractivity contribution in [3.8, 4) is 0 Å². The summed E-state index contributed by atoms with van der Waals surface area (Å²) in [5.74, 6) is 0. The standard InChI is InChI=1S/C26H26IN3S2/c1-16-13-20(25(16)18-7-5-17(6-8-18)15-30(2)3)19-9-10-22(28)21(14-19)26(29-27)23-11-12-24(31-4)32-23/h5-14H,15,28H2,1-4H3. The molecule has 0 atom stereocenters. The van der Waals surface area contributed by atoms with Gasteiger partial charge in [0.1, 0.15) is 0 Å². The highest BCUT2D eigenvalue weighted by atomic mass is 127. The Hall–Kier alpha value is -1.87. The highest BCUT2D eigenvalue weighted by Crippen LogP contribution is 2.43. The molecule has 3 aromatic rings. The van der Waals surface area contributed by atoms with Crippen LogP contribution in [0.2, 0.25) is 0 Å². The SMILES string of the molecule is CSc1ccc(C(=NI)c2cc(C3=CC(C)=C3c3ccc(CN(C)C)cc3)ccc2N)s1. The number of allylic oxidation sites excluding steroid dienone is 4. The Morgan fingerprint density at radius 2 is 1.78 bits per heavy atom. The van der Waals surface area contributed by atoms with E-state index in [1.807, 2.05) is 6.07 Å². The summed E-state index contributed by atoms with van der Waals surface area (Å²) in [7, 11) is 4.19. The lowest BCUT2D eigenvalue weighted by atomic mass is 9.80. The van der Waals surface area contributed by atoms with E-state index in [1.165, 1.54) is 37.6 Å². The first-order chi connectivity index (χ1) is 15.4. The molecule has 0 bridgehead atoms. The van der Waals surface area contributed by atoms with Gasteiger partial charge in [-0.1, -0.05) is 36.4 Å². The summed E-state index contributed by atoms with van der Waals surface area (Å²) in [5.41, 5.74) is 16.7. The lowest BCUT2D eigenvalue weighted by molar-refractivity contribution is 0.402. The van der Waals surface area contributed by atoms with Crippen LogP contribution in [0.4, 0.5) is 5.69 Å². The van der Waals surface area contributed by atoms with Crippen LogP contribution < -0.4 is 5.73 Å². The normalized spacial score (nSPS) is 14.1. The van der Waals surface area contributed by atoms with Gasteiger partial charge in [-0.2, -0.15) is 0 Å². The van der Waals surface area contributed by atoms with Crippen molar-refractivity contribution in [1.29, 1.82) is 0 Å². The van der Waals surface area contributed by atoms with Crippen LogP contribution in [-0.2, 0) is 6.54 Å². The van der Waals surface area contributed by atoms with Gasteiger partial charge >= 0.3 is 0 Å².